The van der Waals surface area contributed by atoms with Crippen molar-refractivity contribution in [2.45, 2.75) is 46.0 Å². The van der Waals surface area contributed by atoms with Crippen molar-refractivity contribution in [1.82, 2.24) is 4.90 Å². The fourth-order valence-corrected chi connectivity index (χ4v) is 4.45. The number of rotatable bonds is 7. The van der Waals surface area contributed by atoms with Gasteiger partial charge < -0.3 is 18.8 Å². The second-order valence-electron chi connectivity index (χ2n) is 8.93. The van der Waals surface area contributed by atoms with Crippen molar-refractivity contribution in [2.75, 3.05) is 26.2 Å². The summed E-state index contributed by atoms with van der Waals surface area (Å²) in [7, 11) is 0. The zero-order valence-electron chi connectivity index (χ0n) is 20.9. The van der Waals surface area contributed by atoms with Gasteiger partial charge in [-0.05, 0) is 80.9 Å². The zero-order chi connectivity index (χ0) is 25.4. The number of aryl methyl sites for hydroxylation is 2. The molecule has 2 aromatic carbocycles. The molecule has 35 heavy (non-hydrogen) atoms. The molecule has 1 saturated heterocycles. The van der Waals surface area contributed by atoms with Crippen LogP contribution < -0.4 is 4.74 Å². The number of furan rings is 1. The molecule has 0 amide bonds. The summed E-state index contributed by atoms with van der Waals surface area (Å²) in [6, 6.07) is 14.3. The lowest BCUT2D eigenvalue weighted by molar-refractivity contribution is 0.193. The van der Waals surface area contributed by atoms with Gasteiger partial charge in [0.15, 0.2) is 11.7 Å². The van der Waals surface area contributed by atoms with Crippen molar-refractivity contribution in [3.63, 3.8) is 0 Å². The van der Waals surface area contributed by atoms with E-state index in [-0.39, 0.29) is 11.8 Å². The number of nitrogens with one attached hydrogen (secondary N) is 2. The average Bonchev–Trinajstić information content (AvgIpc) is 3.30. The smallest absolute Gasteiger partial charge is 0.256 e. The van der Waals surface area contributed by atoms with Gasteiger partial charge in [0.25, 0.3) is 5.90 Å². The molecule has 0 atom stereocenters. The number of hydrogen-bond donors (Lipinski definition) is 2. The third-order valence-electron chi connectivity index (χ3n) is 6.47. The molecule has 1 fully saturated rings. The maximum Gasteiger partial charge on any atom is 0.256 e. The SMILES string of the molecule is C#C.CC(=N)OC(=N)c1cc2c(OCCCN3CCC(c4ccc(C)c(C)c4)CC3)cccc2o1. The van der Waals surface area contributed by atoms with E-state index in [4.69, 9.17) is 24.7 Å². The van der Waals surface area contributed by atoms with Gasteiger partial charge in [-0.15, -0.1) is 12.8 Å². The van der Waals surface area contributed by atoms with E-state index in [1.165, 1.54) is 36.5 Å². The minimum absolute atomic E-state index is 0.0463. The van der Waals surface area contributed by atoms with E-state index in [2.05, 4.69) is 49.8 Å². The van der Waals surface area contributed by atoms with Crippen molar-refractivity contribution in [1.29, 1.82) is 10.8 Å². The molecule has 184 valence electrons. The Kier molecular flexibility index (Phi) is 9.11. The maximum absolute atomic E-state index is 7.93. The first kappa shape index (κ1) is 26.1. The summed E-state index contributed by atoms with van der Waals surface area (Å²) in [6.07, 6.45) is 11.4. The van der Waals surface area contributed by atoms with Gasteiger partial charge in [0.2, 0.25) is 0 Å². The molecule has 6 nitrogen and oxygen atoms in total. The van der Waals surface area contributed by atoms with E-state index < -0.39 is 0 Å². The van der Waals surface area contributed by atoms with Crippen molar-refractivity contribution in [3.8, 4) is 18.6 Å². The van der Waals surface area contributed by atoms with E-state index >= 15 is 0 Å². The molecule has 0 aliphatic carbocycles. The first-order chi connectivity index (χ1) is 16.9. The quantitative estimate of drug-likeness (QED) is 0.183. The van der Waals surface area contributed by atoms with Gasteiger partial charge in [0.1, 0.15) is 11.3 Å². The van der Waals surface area contributed by atoms with Crippen LogP contribution in [0.5, 0.6) is 5.75 Å². The summed E-state index contributed by atoms with van der Waals surface area (Å²) in [4.78, 5) is 2.54. The van der Waals surface area contributed by atoms with Gasteiger partial charge in [-0.2, -0.15) is 0 Å². The molecule has 0 unspecified atom stereocenters. The standard InChI is InChI=1S/C27H33N3O3.C2H2/c1-18-8-9-22(16-19(18)2)21-10-13-30(14-11-21)12-5-15-31-24-6-4-7-25-23(24)17-26(33-25)27(29)32-20(3)28;1-2/h4,6-9,16-17,21,28-29H,5,10-15H2,1-3H3;1-2H. The molecule has 3 aromatic rings. The van der Waals surface area contributed by atoms with Crippen LogP contribution in [-0.2, 0) is 4.74 Å². The molecule has 0 saturated carbocycles. The highest BCUT2D eigenvalue weighted by atomic mass is 16.5. The number of nitrogens with zero attached hydrogens (tertiary/aromatic N) is 1. The van der Waals surface area contributed by atoms with Crippen molar-refractivity contribution >= 4 is 22.8 Å². The second-order valence-corrected chi connectivity index (χ2v) is 8.93. The van der Waals surface area contributed by atoms with Gasteiger partial charge in [0.05, 0.1) is 12.0 Å². The molecular formula is C29H35N3O3. The van der Waals surface area contributed by atoms with E-state index in [9.17, 15) is 0 Å². The summed E-state index contributed by atoms with van der Waals surface area (Å²) in [5.74, 6) is 1.49. The van der Waals surface area contributed by atoms with E-state index in [1.54, 1.807) is 6.07 Å². The van der Waals surface area contributed by atoms with Gasteiger partial charge in [-0.25, -0.2) is 0 Å². The van der Waals surface area contributed by atoms with Crippen LogP contribution in [0.4, 0.5) is 0 Å². The summed E-state index contributed by atoms with van der Waals surface area (Å²) in [6.45, 7) is 9.78. The Balaban J connectivity index is 0.00000167. The van der Waals surface area contributed by atoms with Crippen LogP contribution in [0.25, 0.3) is 11.0 Å². The zero-order valence-corrected chi connectivity index (χ0v) is 20.9. The van der Waals surface area contributed by atoms with Crippen LogP contribution in [0.1, 0.15) is 54.6 Å². The lowest BCUT2D eigenvalue weighted by Crippen LogP contribution is -2.34. The molecule has 2 heterocycles. The summed E-state index contributed by atoms with van der Waals surface area (Å²) in [5.41, 5.74) is 4.89. The van der Waals surface area contributed by atoms with Gasteiger partial charge in [-0.1, -0.05) is 24.3 Å². The van der Waals surface area contributed by atoms with Gasteiger partial charge >= 0.3 is 0 Å². The van der Waals surface area contributed by atoms with Gasteiger partial charge in [0, 0.05) is 19.5 Å². The molecule has 2 N–H and O–H groups in total. The second kappa shape index (κ2) is 12.2. The highest BCUT2D eigenvalue weighted by Crippen LogP contribution is 2.30. The molecule has 1 aliphatic heterocycles. The van der Waals surface area contributed by atoms with Crippen LogP contribution in [0.3, 0.4) is 0 Å². The monoisotopic (exact) mass is 473 g/mol. The summed E-state index contributed by atoms with van der Waals surface area (Å²) < 4.78 is 16.8. The van der Waals surface area contributed by atoms with Crippen LogP contribution in [0, 0.1) is 37.5 Å². The fourth-order valence-electron chi connectivity index (χ4n) is 4.45. The third kappa shape index (κ3) is 6.74. The molecule has 1 aromatic heterocycles. The number of piperidine rings is 1. The number of likely N-dealkylation sites (tertiary alicyclic amines) is 1. The average molecular weight is 474 g/mol. The Morgan fingerprint density at radius 1 is 1.06 bits per heavy atom. The molecule has 0 bridgehead atoms. The topological polar surface area (TPSA) is 82.5 Å². The maximum atomic E-state index is 7.93. The van der Waals surface area contributed by atoms with E-state index in [0.717, 1.165) is 37.2 Å². The molecule has 0 spiro atoms. The highest BCUT2D eigenvalue weighted by molar-refractivity contribution is 6.00. The number of ether oxygens (including phenoxy) is 2. The molecule has 0 radical (unpaired) electrons. The Hall–Kier alpha value is -3.56. The number of hydrogen-bond acceptors (Lipinski definition) is 6. The first-order valence-electron chi connectivity index (χ1n) is 12.0. The number of terminal acetylenes is 1. The predicted molar refractivity (Wildman–Crippen MR) is 142 cm³/mol. The molecule has 4 rings (SSSR count). The third-order valence-corrected chi connectivity index (χ3v) is 6.47. The van der Waals surface area contributed by atoms with Crippen molar-refractivity contribution in [3.05, 3.63) is 64.9 Å². The molecule has 1 aliphatic rings. The Morgan fingerprint density at radius 3 is 2.49 bits per heavy atom. The molecular weight excluding hydrogens is 438 g/mol. The lowest BCUT2D eigenvalue weighted by atomic mass is 9.88. The molecule has 6 heteroatoms. The van der Waals surface area contributed by atoms with E-state index in [0.29, 0.717) is 23.9 Å². The summed E-state index contributed by atoms with van der Waals surface area (Å²) >= 11 is 0. The summed E-state index contributed by atoms with van der Waals surface area (Å²) in [5, 5.41) is 16.1. The number of fused-ring (bicyclic) bond motifs is 1. The van der Waals surface area contributed by atoms with Crippen LogP contribution >= 0.6 is 0 Å². The minimum Gasteiger partial charge on any atom is -0.493 e. The lowest BCUT2D eigenvalue weighted by Gasteiger charge is -2.32. The largest absolute Gasteiger partial charge is 0.493 e. The van der Waals surface area contributed by atoms with Crippen molar-refractivity contribution in [2.24, 2.45) is 0 Å². The van der Waals surface area contributed by atoms with E-state index in [1.807, 2.05) is 18.2 Å². The van der Waals surface area contributed by atoms with Crippen LogP contribution in [0.2, 0.25) is 0 Å². The number of benzene rings is 2. The first-order valence-corrected chi connectivity index (χ1v) is 12.0. The fraction of sp³-hybridized carbons (Fsp3) is 0.379. The normalized spacial score (nSPS) is 14.2. The Labute approximate surface area is 208 Å². The highest BCUT2D eigenvalue weighted by Gasteiger charge is 2.20. The Bertz CT molecular complexity index is 1190. The van der Waals surface area contributed by atoms with Crippen LogP contribution in [0.15, 0.2) is 46.9 Å². The van der Waals surface area contributed by atoms with Crippen molar-refractivity contribution < 1.29 is 13.9 Å². The predicted octanol–water partition coefficient (Wildman–Crippen LogP) is 6.29. The minimum atomic E-state index is -0.172. The van der Waals surface area contributed by atoms with Crippen LogP contribution in [-0.4, -0.2) is 42.9 Å². The van der Waals surface area contributed by atoms with Gasteiger partial charge in [-0.3, -0.25) is 10.8 Å². The Morgan fingerprint density at radius 2 is 1.80 bits per heavy atom.